The van der Waals surface area contributed by atoms with Crippen molar-refractivity contribution in [1.82, 2.24) is 0 Å². The quantitative estimate of drug-likeness (QED) is 0.490. The molecule has 2 rings (SSSR count). The van der Waals surface area contributed by atoms with Gasteiger partial charge in [0.25, 0.3) is 0 Å². The number of hydrogen-bond acceptors (Lipinski definition) is 4. The van der Waals surface area contributed by atoms with E-state index in [1.807, 2.05) is 0 Å². The molecule has 1 saturated carbocycles. The average molecular weight is 200 g/mol. The van der Waals surface area contributed by atoms with Crippen molar-refractivity contribution < 1.29 is 19.0 Å². The Morgan fingerprint density at radius 3 is 2.86 bits per heavy atom. The fourth-order valence-electron chi connectivity index (χ4n) is 2.43. The van der Waals surface area contributed by atoms with Gasteiger partial charge in [-0.3, -0.25) is 0 Å². The lowest BCUT2D eigenvalue weighted by molar-refractivity contribution is -0.142. The summed E-state index contributed by atoms with van der Waals surface area (Å²) in [6.45, 7) is 0. The maximum absolute atomic E-state index is 11.3. The van der Waals surface area contributed by atoms with Gasteiger partial charge >= 0.3 is 5.97 Å². The Morgan fingerprint density at radius 1 is 1.43 bits per heavy atom. The second kappa shape index (κ2) is 3.51. The molecule has 0 radical (unpaired) electrons. The van der Waals surface area contributed by atoms with Crippen molar-refractivity contribution in [2.24, 2.45) is 0 Å². The van der Waals surface area contributed by atoms with Gasteiger partial charge in [0.1, 0.15) is 5.60 Å². The Bertz CT molecular complexity index is 240. The van der Waals surface area contributed by atoms with Crippen LogP contribution in [0.1, 0.15) is 25.7 Å². The Morgan fingerprint density at radius 2 is 2.21 bits per heavy atom. The molecule has 0 aromatic heterocycles. The summed E-state index contributed by atoms with van der Waals surface area (Å²) in [5, 5.41) is 0. The highest BCUT2D eigenvalue weighted by atomic mass is 16.7. The normalized spacial score (nSPS) is 41.0. The van der Waals surface area contributed by atoms with Gasteiger partial charge in [0.15, 0.2) is 6.10 Å². The Kier molecular flexibility index (Phi) is 2.49. The lowest BCUT2D eigenvalue weighted by atomic mass is 9.83. The summed E-state index contributed by atoms with van der Waals surface area (Å²) in [5.41, 5.74) is -0.361. The van der Waals surface area contributed by atoms with Gasteiger partial charge in [-0.1, -0.05) is 12.8 Å². The number of rotatable bonds is 2. The molecular weight excluding hydrogens is 184 g/mol. The highest BCUT2D eigenvalue weighted by molar-refractivity contribution is 5.79. The summed E-state index contributed by atoms with van der Waals surface area (Å²) in [7, 11) is 3.07. The number of carbonyl (C=O) groups excluding carboxylic acids is 1. The van der Waals surface area contributed by atoms with Crippen LogP contribution in [0.3, 0.4) is 0 Å². The third-order valence-corrected chi connectivity index (χ3v) is 3.25. The predicted molar refractivity (Wildman–Crippen MR) is 48.9 cm³/mol. The molecule has 4 heteroatoms. The Balaban J connectivity index is 2.05. The highest BCUT2D eigenvalue weighted by Crippen LogP contribution is 2.49. The first-order valence-corrected chi connectivity index (χ1v) is 5.03. The fraction of sp³-hybridized carbons (Fsp3) is 0.900. The molecule has 14 heavy (non-hydrogen) atoms. The minimum absolute atomic E-state index is 0.0559. The number of esters is 1. The number of ether oxygens (including phenoxy) is 3. The molecule has 1 aliphatic heterocycles. The van der Waals surface area contributed by atoms with E-state index in [1.165, 1.54) is 7.11 Å². The fourth-order valence-corrected chi connectivity index (χ4v) is 2.43. The summed E-state index contributed by atoms with van der Waals surface area (Å²) in [4.78, 5) is 11.3. The van der Waals surface area contributed by atoms with Crippen LogP contribution in [0, 0.1) is 0 Å². The smallest absolute Gasteiger partial charge is 0.338 e. The van der Waals surface area contributed by atoms with Crippen molar-refractivity contribution in [3.63, 3.8) is 0 Å². The molecule has 1 spiro atoms. The van der Waals surface area contributed by atoms with Gasteiger partial charge in [-0.25, -0.2) is 4.79 Å². The van der Waals surface area contributed by atoms with Crippen LogP contribution in [-0.2, 0) is 19.0 Å². The maximum Gasteiger partial charge on any atom is 0.338 e. The van der Waals surface area contributed by atoms with Gasteiger partial charge in [0, 0.05) is 7.11 Å². The van der Waals surface area contributed by atoms with Crippen LogP contribution in [0.2, 0.25) is 0 Å². The largest absolute Gasteiger partial charge is 0.467 e. The molecule has 0 aromatic rings. The monoisotopic (exact) mass is 200 g/mol. The third kappa shape index (κ3) is 1.33. The minimum atomic E-state index is -0.391. The average Bonchev–Trinajstić information content (AvgIpc) is 2.93. The van der Waals surface area contributed by atoms with Crippen LogP contribution in [0.15, 0.2) is 0 Å². The lowest BCUT2D eigenvalue weighted by Crippen LogP contribution is -2.39. The molecule has 80 valence electrons. The third-order valence-electron chi connectivity index (χ3n) is 3.25. The van der Waals surface area contributed by atoms with Crippen molar-refractivity contribution in [2.75, 3.05) is 14.2 Å². The van der Waals surface area contributed by atoms with Crippen molar-refractivity contribution >= 4 is 5.97 Å². The predicted octanol–water partition coefficient (Wildman–Crippen LogP) is 0.886. The van der Waals surface area contributed by atoms with E-state index in [0.29, 0.717) is 0 Å². The van der Waals surface area contributed by atoms with E-state index in [1.54, 1.807) is 7.11 Å². The van der Waals surface area contributed by atoms with Crippen LogP contribution < -0.4 is 0 Å². The molecule has 4 nitrogen and oxygen atoms in total. The van der Waals surface area contributed by atoms with Crippen molar-refractivity contribution in [2.45, 2.75) is 43.5 Å². The lowest BCUT2D eigenvalue weighted by Gasteiger charge is -2.27. The second-order valence-corrected chi connectivity index (χ2v) is 3.95. The number of hydrogen-bond donors (Lipinski definition) is 0. The molecule has 0 amide bonds. The van der Waals surface area contributed by atoms with Gasteiger partial charge in [-0.2, -0.15) is 0 Å². The van der Waals surface area contributed by atoms with Crippen LogP contribution >= 0.6 is 0 Å². The molecule has 1 heterocycles. The number of methoxy groups -OCH3 is 2. The zero-order valence-corrected chi connectivity index (χ0v) is 8.62. The SMILES string of the molecule is COC(=O)C1OC12CCCCC2OC. The highest BCUT2D eigenvalue weighted by Gasteiger charge is 2.66. The van der Waals surface area contributed by atoms with E-state index >= 15 is 0 Å². The molecule has 1 saturated heterocycles. The van der Waals surface area contributed by atoms with E-state index in [9.17, 15) is 4.79 Å². The van der Waals surface area contributed by atoms with Crippen LogP contribution in [0.5, 0.6) is 0 Å². The molecule has 3 atom stereocenters. The zero-order valence-electron chi connectivity index (χ0n) is 8.62. The van der Waals surface area contributed by atoms with E-state index in [2.05, 4.69) is 4.74 Å². The van der Waals surface area contributed by atoms with E-state index < -0.39 is 6.10 Å². The topological polar surface area (TPSA) is 48.1 Å². The first-order valence-electron chi connectivity index (χ1n) is 5.03. The second-order valence-electron chi connectivity index (χ2n) is 3.95. The standard InChI is InChI=1S/C10H16O4/c1-12-7-5-3-4-6-10(7)8(14-10)9(11)13-2/h7-8H,3-6H2,1-2H3. The van der Waals surface area contributed by atoms with Gasteiger partial charge in [0.2, 0.25) is 0 Å². The van der Waals surface area contributed by atoms with Crippen LogP contribution in [-0.4, -0.2) is 38.0 Å². The first kappa shape index (κ1) is 9.93. The molecule has 1 aliphatic carbocycles. The molecule has 2 aliphatic rings. The number of carbonyl (C=O) groups is 1. The maximum atomic E-state index is 11.3. The zero-order chi connectivity index (χ0) is 10.2. The summed E-state index contributed by atoms with van der Waals surface area (Å²) in [6, 6.07) is 0. The molecule has 2 fully saturated rings. The van der Waals surface area contributed by atoms with E-state index in [-0.39, 0.29) is 17.7 Å². The number of epoxide rings is 1. The first-order chi connectivity index (χ1) is 6.74. The summed E-state index contributed by atoms with van der Waals surface area (Å²) in [5.74, 6) is -0.269. The van der Waals surface area contributed by atoms with Gasteiger partial charge < -0.3 is 14.2 Å². The van der Waals surface area contributed by atoms with E-state index in [0.717, 1.165) is 25.7 Å². The molecular formula is C10H16O4. The molecule has 3 unspecified atom stereocenters. The van der Waals surface area contributed by atoms with Gasteiger partial charge in [-0.05, 0) is 12.8 Å². The Hall–Kier alpha value is -0.610. The Labute approximate surface area is 83.5 Å². The van der Waals surface area contributed by atoms with Crippen LogP contribution in [0.4, 0.5) is 0 Å². The van der Waals surface area contributed by atoms with Crippen LogP contribution in [0.25, 0.3) is 0 Å². The summed E-state index contributed by atoms with van der Waals surface area (Å²) >= 11 is 0. The van der Waals surface area contributed by atoms with Gasteiger partial charge in [-0.15, -0.1) is 0 Å². The molecule has 0 bridgehead atoms. The summed E-state index contributed by atoms with van der Waals surface area (Å²) in [6.07, 6.45) is 3.80. The minimum Gasteiger partial charge on any atom is -0.467 e. The van der Waals surface area contributed by atoms with Crippen molar-refractivity contribution in [3.05, 3.63) is 0 Å². The van der Waals surface area contributed by atoms with Gasteiger partial charge in [0.05, 0.1) is 13.2 Å². The molecule has 0 N–H and O–H groups in total. The summed E-state index contributed by atoms with van der Waals surface area (Å²) < 4.78 is 15.5. The van der Waals surface area contributed by atoms with Crippen molar-refractivity contribution in [1.29, 1.82) is 0 Å². The van der Waals surface area contributed by atoms with Crippen molar-refractivity contribution in [3.8, 4) is 0 Å². The molecule has 0 aromatic carbocycles. The van der Waals surface area contributed by atoms with E-state index in [4.69, 9.17) is 9.47 Å².